The van der Waals surface area contributed by atoms with E-state index in [1.807, 2.05) is 36.4 Å². The molecule has 114 valence electrons. The first-order chi connectivity index (χ1) is 10.6. The zero-order valence-electron chi connectivity index (χ0n) is 12.2. The molecule has 2 aromatic carbocycles. The molecule has 1 unspecified atom stereocenters. The molecule has 1 aliphatic heterocycles. The summed E-state index contributed by atoms with van der Waals surface area (Å²) in [6, 6.07) is 18.1. The molecule has 4 nitrogen and oxygen atoms in total. The van der Waals surface area contributed by atoms with E-state index in [2.05, 4.69) is 5.32 Å². The maximum absolute atomic E-state index is 12.1. The Balaban J connectivity index is 2.26. The quantitative estimate of drug-likeness (QED) is 0.808. The van der Waals surface area contributed by atoms with Crippen molar-refractivity contribution in [1.29, 1.82) is 0 Å². The number of benzene rings is 2. The van der Waals surface area contributed by atoms with Crippen molar-refractivity contribution in [3.8, 4) is 0 Å². The van der Waals surface area contributed by atoms with E-state index in [0.717, 1.165) is 0 Å². The van der Waals surface area contributed by atoms with Crippen molar-refractivity contribution in [2.24, 2.45) is 0 Å². The predicted molar refractivity (Wildman–Crippen MR) is 83.5 cm³/mol. The van der Waals surface area contributed by atoms with Crippen molar-refractivity contribution < 1.29 is 15.0 Å². The molecule has 3 N–H and O–H groups in total. The van der Waals surface area contributed by atoms with Crippen LogP contribution in [0.5, 0.6) is 0 Å². The summed E-state index contributed by atoms with van der Waals surface area (Å²) < 4.78 is 0. The van der Waals surface area contributed by atoms with E-state index in [1.54, 1.807) is 24.3 Å². The Hall–Kier alpha value is -2.17. The largest absolute Gasteiger partial charge is 0.480 e. The van der Waals surface area contributed by atoms with Crippen molar-refractivity contribution in [2.45, 2.75) is 24.0 Å². The highest BCUT2D eigenvalue weighted by molar-refractivity contribution is 5.83. The van der Waals surface area contributed by atoms with Gasteiger partial charge in [0, 0.05) is 0 Å². The SMILES string of the molecule is O=C(O)C1(C(O)(c2ccccc2)c2ccccc2)CCCN1. The topological polar surface area (TPSA) is 69.6 Å². The molecule has 0 saturated carbocycles. The molecule has 4 heteroatoms. The van der Waals surface area contributed by atoms with Crippen LogP contribution in [0, 0.1) is 0 Å². The van der Waals surface area contributed by atoms with Crippen LogP contribution in [-0.4, -0.2) is 28.3 Å². The highest BCUT2D eigenvalue weighted by Gasteiger charge is 2.59. The molecule has 1 atom stereocenters. The van der Waals surface area contributed by atoms with E-state index in [4.69, 9.17) is 0 Å². The standard InChI is InChI=1S/C18H19NO3/c20-16(21)17(12-7-13-19-17)18(22,14-8-3-1-4-9-14)15-10-5-2-6-11-15/h1-6,8-11,19,22H,7,12-13H2,(H,20,21). The third-order valence-corrected chi connectivity index (χ3v) is 4.52. The molecule has 2 aromatic rings. The van der Waals surface area contributed by atoms with Gasteiger partial charge in [-0.1, -0.05) is 60.7 Å². The third-order valence-electron chi connectivity index (χ3n) is 4.52. The van der Waals surface area contributed by atoms with Crippen LogP contribution in [0.2, 0.25) is 0 Å². The Morgan fingerprint density at radius 3 is 1.86 bits per heavy atom. The lowest BCUT2D eigenvalue weighted by Gasteiger charge is -2.43. The van der Waals surface area contributed by atoms with Gasteiger partial charge >= 0.3 is 5.97 Å². The molecule has 0 radical (unpaired) electrons. The molecule has 1 heterocycles. The molecular formula is C18H19NO3. The molecule has 1 fully saturated rings. The second kappa shape index (κ2) is 5.55. The number of carboxylic acid groups (broad SMARTS) is 1. The van der Waals surface area contributed by atoms with Gasteiger partial charge in [0.15, 0.2) is 5.54 Å². The Morgan fingerprint density at radius 2 is 1.50 bits per heavy atom. The summed E-state index contributed by atoms with van der Waals surface area (Å²) in [5.74, 6) is -1.03. The van der Waals surface area contributed by atoms with Gasteiger partial charge in [-0.2, -0.15) is 0 Å². The van der Waals surface area contributed by atoms with E-state index in [0.29, 0.717) is 30.5 Å². The summed E-state index contributed by atoms with van der Waals surface area (Å²) in [7, 11) is 0. The van der Waals surface area contributed by atoms with Gasteiger partial charge in [0.2, 0.25) is 0 Å². The number of hydrogen-bond donors (Lipinski definition) is 3. The molecule has 3 rings (SSSR count). The Labute approximate surface area is 129 Å². The number of hydrogen-bond acceptors (Lipinski definition) is 3. The molecule has 22 heavy (non-hydrogen) atoms. The summed E-state index contributed by atoms with van der Waals surface area (Å²) in [4.78, 5) is 12.1. The highest BCUT2D eigenvalue weighted by atomic mass is 16.4. The number of aliphatic carboxylic acids is 1. The smallest absolute Gasteiger partial charge is 0.327 e. The van der Waals surface area contributed by atoms with Crippen molar-refractivity contribution in [3.05, 3.63) is 71.8 Å². The fourth-order valence-corrected chi connectivity index (χ4v) is 3.41. The summed E-state index contributed by atoms with van der Waals surface area (Å²) in [5, 5.41) is 24.6. The lowest BCUT2D eigenvalue weighted by molar-refractivity contribution is -0.155. The minimum atomic E-state index is -1.63. The fourth-order valence-electron chi connectivity index (χ4n) is 3.41. The molecule has 0 aromatic heterocycles. The summed E-state index contributed by atoms with van der Waals surface area (Å²) in [5.41, 5.74) is -1.89. The maximum atomic E-state index is 12.1. The van der Waals surface area contributed by atoms with Crippen LogP contribution in [-0.2, 0) is 10.4 Å². The van der Waals surface area contributed by atoms with E-state index < -0.39 is 17.1 Å². The first-order valence-electron chi connectivity index (χ1n) is 7.43. The van der Waals surface area contributed by atoms with Crippen LogP contribution in [0.3, 0.4) is 0 Å². The van der Waals surface area contributed by atoms with Crippen LogP contribution >= 0.6 is 0 Å². The van der Waals surface area contributed by atoms with Gasteiger partial charge in [-0.15, -0.1) is 0 Å². The second-order valence-corrected chi connectivity index (χ2v) is 5.68. The molecular weight excluding hydrogens is 278 g/mol. The minimum absolute atomic E-state index is 0.378. The zero-order valence-corrected chi connectivity index (χ0v) is 12.2. The Morgan fingerprint density at radius 1 is 1.00 bits per heavy atom. The Bertz CT molecular complexity index is 609. The van der Waals surface area contributed by atoms with Crippen LogP contribution in [0.4, 0.5) is 0 Å². The lowest BCUT2D eigenvalue weighted by Crippen LogP contribution is -2.63. The number of carbonyl (C=O) groups is 1. The lowest BCUT2D eigenvalue weighted by atomic mass is 9.70. The van der Waals surface area contributed by atoms with E-state index in [1.165, 1.54) is 0 Å². The van der Waals surface area contributed by atoms with Gasteiger partial charge in [-0.25, -0.2) is 0 Å². The second-order valence-electron chi connectivity index (χ2n) is 5.68. The molecule has 1 saturated heterocycles. The average molecular weight is 297 g/mol. The van der Waals surface area contributed by atoms with Gasteiger partial charge < -0.3 is 10.2 Å². The summed E-state index contributed by atoms with van der Waals surface area (Å²) in [6.07, 6.45) is 1.09. The molecule has 1 aliphatic rings. The fraction of sp³-hybridized carbons (Fsp3) is 0.278. The number of aliphatic hydroxyl groups is 1. The van der Waals surface area contributed by atoms with E-state index >= 15 is 0 Å². The predicted octanol–water partition coefficient (Wildman–Crippen LogP) is 2.13. The molecule has 0 bridgehead atoms. The molecule has 0 spiro atoms. The summed E-state index contributed by atoms with van der Waals surface area (Å²) in [6.45, 7) is 0.578. The van der Waals surface area contributed by atoms with E-state index in [9.17, 15) is 15.0 Å². The maximum Gasteiger partial charge on any atom is 0.327 e. The van der Waals surface area contributed by atoms with Gasteiger partial charge in [0.05, 0.1) is 0 Å². The first kappa shape index (κ1) is 14.8. The van der Waals surface area contributed by atoms with Gasteiger partial charge in [0.1, 0.15) is 5.60 Å². The van der Waals surface area contributed by atoms with Crippen LogP contribution in [0.15, 0.2) is 60.7 Å². The van der Waals surface area contributed by atoms with Gasteiger partial charge in [-0.05, 0) is 30.5 Å². The van der Waals surface area contributed by atoms with Crippen LogP contribution < -0.4 is 5.32 Å². The van der Waals surface area contributed by atoms with Gasteiger partial charge in [0.25, 0.3) is 0 Å². The number of nitrogens with one attached hydrogen (secondary N) is 1. The zero-order chi connectivity index (χ0) is 15.6. The van der Waals surface area contributed by atoms with Crippen molar-refractivity contribution in [3.63, 3.8) is 0 Å². The van der Waals surface area contributed by atoms with Crippen molar-refractivity contribution in [2.75, 3.05) is 6.54 Å². The van der Waals surface area contributed by atoms with Crippen LogP contribution in [0.1, 0.15) is 24.0 Å². The normalized spacial score (nSPS) is 21.7. The van der Waals surface area contributed by atoms with Crippen LogP contribution in [0.25, 0.3) is 0 Å². The average Bonchev–Trinajstić information content (AvgIpc) is 3.07. The molecule has 0 aliphatic carbocycles. The highest BCUT2D eigenvalue weighted by Crippen LogP contribution is 2.44. The first-order valence-corrected chi connectivity index (χ1v) is 7.43. The summed E-state index contributed by atoms with van der Waals surface area (Å²) >= 11 is 0. The van der Waals surface area contributed by atoms with Crippen molar-refractivity contribution >= 4 is 5.97 Å². The Kier molecular flexibility index (Phi) is 3.72. The number of carboxylic acids is 1. The van der Waals surface area contributed by atoms with Crippen molar-refractivity contribution in [1.82, 2.24) is 5.32 Å². The number of rotatable bonds is 4. The van der Waals surface area contributed by atoms with E-state index in [-0.39, 0.29) is 0 Å². The molecule has 0 amide bonds. The van der Waals surface area contributed by atoms with Gasteiger partial charge in [-0.3, -0.25) is 10.1 Å². The third kappa shape index (κ3) is 2.03. The monoisotopic (exact) mass is 297 g/mol. The minimum Gasteiger partial charge on any atom is -0.480 e.